The minimum atomic E-state index is -0.108. The number of hydrogen-bond acceptors (Lipinski definition) is 5. The Morgan fingerprint density at radius 2 is 2.35 bits per heavy atom. The second kappa shape index (κ2) is 7.18. The number of nitrogens with zero attached hydrogens (tertiary/aromatic N) is 3. The predicted molar refractivity (Wildman–Crippen MR) is 97.1 cm³/mol. The largest absolute Gasteiger partial charge is 0.341 e. The number of rotatable bonds is 4. The van der Waals surface area contributed by atoms with Crippen LogP contribution in [0.15, 0.2) is 17.4 Å². The summed E-state index contributed by atoms with van der Waals surface area (Å²) in [7, 11) is 0. The minimum Gasteiger partial charge on any atom is -0.341 e. The van der Waals surface area contributed by atoms with Gasteiger partial charge in [-0.3, -0.25) is 4.79 Å². The fraction of sp³-hybridized carbons (Fsp3) is 0.588. The number of likely N-dealkylation sites (tertiary alicyclic amines) is 1. The molecular formula is C17H23N3OS2. The molecule has 0 saturated carbocycles. The van der Waals surface area contributed by atoms with Crippen LogP contribution in [0.5, 0.6) is 0 Å². The predicted octanol–water partition coefficient (Wildman–Crippen LogP) is 3.99. The lowest BCUT2D eigenvalue weighted by molar-refractivity contribution is -0.131. The van der Waals surface area contributed by atoms with Gasteiger partial charge >= 0.3 is 0 Å². The molecule has 3 heterocycles. The summed E-state index contributed by atoms with van der Waals surface area (Å²) >= 11 is 3.28. The van der Waals surface area contributed by atoms with Gasteiger partial charge in [0, 0.05) is 23.4 Å². The maximum atomic E-state index is 12.7. The van der Waals surface area contributed by atoms with Crippen LogP contribution < -0.4 is 0 Å². The quantitative estimate of drug-likeness (QED) is 0.618. The van der Waals surface area contributed by atoms with Crippen LogP contribution in [0, 0.1) is 5.92 Å². The van der Waals surface area contributed by atoms with Gasteiger partial charge in [0.05, 0.1) is 5.25 Å². The summed E-state index contributed by atoms with van der Waals surface area (Å²) in [4.78, 5) is 25.8. The monoisotopic (exact) mass is 349 g/mol. The molecule has 0 aliphatic carbocycles. The van der Waals surface area contributed by atoms with E-state index in [0.717, 1.165) is 41.2 Å². The van der Waals surface area contributed by atoms with Gasteiger partial charge in [-0.15, -0.1) is 11.3 Å². The zero-order valence-corrected chi connectivity index (χ0v) is 15.5. The highest BCUT2D eigenvalue weighted by molar-refractivity contribution is 8.00. The van der Waals surface area contributed by atoms with Crippen LogP contribution in [0.2, 0.25) is 0 Å². The van der Waals surface area contributed by atoms with Gasteiger partial charge in [0.2, 0.25) is 5.91 Å². The maximum absolute atomic E-state index is 12.7. The lowest BCUT2D eigenvalue weighted by Gasteiger charge is -2.32. The maximum Gasteiger partial charge on any atom is 0.235 e. The van der Waals surface area contributed by atoms with Crippen molar-refractivity contribution in [3.63, 3.8) is 0 Å². The summed E-state index contributed by atoms with van der Waals surface area (Å²) in [5.74, 6) is 0.846. The smallest absolute Gasteiger partial charge is 0.235 e. The average molecular weight is 350 g/mol. The van der Waals surface area contributed by atoms with Crippen molar-refractivity contribution in [3.05, 3.63) is 17.3 Å². The molecule has 124 valence electrons. The van der Waals surface area contributed by atoms with E-state index in [1.807, 2.05) is 11.8 Å². The van der Waals surface area contributed by atoms with Crippen LogP contribution in [-0.2, 0) is 11.2 Å². The molecule has 1 saturated heterocycles. The Hall–Kier alpha value is -1.14. The van der Waals surface area contributed by atoms with E-state index in [4.69, 9.17) is 0 Å². The molecule has 2 aromatic heterocycles. The molecule has 0 aromatic carbocycles. The van der Waals surface area contributed by atoms with Crippen LogP contribution in [-0.4, -0.2) is 39.1 Å². The molecule has 1 aliphatic rings. The molecule has 1 fully saturated rings. The molecular weight excluding hydrogens is 326 g/mol. The van der Waals surface area contributed by atoms with Crippen molar-refractivity contribution in [2.24, 2.45) is 5.92 Å². The van der Waals surface area contributed by atoms with Crippen molar-refractivity contribution in [3.8, 4) is 0 Å². The number of fused-ring (bicyclic) bond motifs is 1. The van der Waals surface area contributed by atoms with Gasteiger partial charge in [-0.2, -0.15) is 0 Å². The van der Waals surface area contributed by atoms with Gasteiger partial charge in [-0.25, -0.2) is 9.97 Å². The average Bonchev–Trinajstić information content (AvgIpc) is 2.98. The molecule has 1 aliphatic heterocycles. The van der Waals surface area contributed by atoms with Crippen LogP contribution in [0.4, 0.5) is 0 Å². The Kier molecular flexibility index (Phi) is 5.21. The van der Waals surface area contributed by atoms with Gasteiger partial charge in [0.1, 0.15) is 16.2 Å². The first-order valence-electron chi connectivity index (χ1n) is 8.27. The van der Waals surface area contributed by atoms with Crippen molar-refractivity contribution in [1.82, 2.24) is 14.9 Å². The van der Waals surface area contributed by atoms with Crippen molar-refractivity contribution >= 4 is 39.2 Å². The first-order valence-corrected chi connectivity index (χ1v) is 9.97. The minimum absolute atomic E-state index is 0.108. The van der Waals surface area contributed by atoms with Gasteiger partial charge in [-0.05, 0) is 38.2 Å². The zero-order valence-electron chi connectivity index (χ0n) is 13.9. The lowest BCUT2D eigenvalue weighted by Crippen LogP contribution is -2.42. The molecule has 1 amide bonds. The summed E-state index contributed by atoms with van der Waals surface area (Å²) in [5.41, 5.74) is 0. The van der Waals surface area contributed by atoms with E-state index in [0.29, 0.717) is 5.92 Å². The Bertz CT molecular complexity index is 700. The van der Waals surface area contributed by atoms with Crippen LogP contribution in [0.25, 0.3) is 10.2 Å². The highest BCUT2D eigenvalue weighted by Crippen LogP contribution is 2.33. The summed E-state index contributed by atoms with van der Waals surface area (Å²) in [6.07, 6.45) is 4.96. The Morgan fingerprint density at radius 3 is 3.09 bits per heavy atom. The lowest BCUT2D eigenvalue weighted by atomic mass is 10.0. The van der Waals surface area contributed by atoms with Crippen molar-refractivity contribution in [2.75, 3.05) is 13.1 Å². The van der Waals surface area contributed by atoms with E-state index >= 15 is 0 Å². The summed E-state index contributed by atoms with van der Waals surface area (Å²) < 4.78 is 0. The third kappa shape index (κ3) is 3.69. The topological polar surface area (TPSA) is 46.1 Å². The SMILES string of the molecule is CCc1cc2c(SC(C)C(=O)N3CCCC(C)C3)ncnc2s1. The van der Waals surface area contributed by atoms with Gasteiger partial charge in [-0.1, -0.05) is 25.6 Å². The molecule has 3 rings (SSSR count). The molecule has 6 heteroatoms. The first kappa shape index (κ1) is 16.7. The van der Waals surface area contributed by atoms with Crippen molar-refractivity contribution < 1.29 is 4.79 Å². The second-order valence-electron chi connectivity index (χ2n) is 6.26. The fourth-order valence-corrected chi connectivity index (χ4v) is 4.99. The summed E-state index contributed by atoms with van der Waals surface area (Å²) in [5, 5.41) is 1.91. The van der Waals surface area contributed by atoms with E-state index < -0.39 is 0 Å². The third-order valence-electron chi connectivity index (χ3n) is 4.30. The summed E-state index contributed by atoms with van der Waals surface area (Å²) in [6, 6.07) is 2.17. The first-order chi connectivity index (χ1) is 11.1. The number of hydrogen-bond donors (Lipinski definition) is 0. The van der Waals surface area contributed by atoms with Crippen molar-refractivity contribution in [2.45, 2.75) is 50.3 Å². The second-order valence-corrected chi connectivity index (χ2v) is 8.70. The standard InChI is InChI=1S/C17H23N3OS2/c1-4-13-8-14-15(18-10-19-16(14)23-13)22-12(3)17(21)20-7-5-6-11(2)9-20/h8,10-12H,4-7,9H2,1-3H3. The number of amides is 1. The normalized spacial score (nSPS) is 20.0. The van der Waals surface area contributed by atoms with E-state index in [1.54, 1.807) is 29.4 Å². The molecule has 0 N–H and O–H groups in total. The van der Waals surface area contributed by atoms with E-state index in [2.05, 4.69) is 29.9 Å². The third-order valence-corrected chi connectivity index (χ3v) is 6.59. The number of thiophene rings is 1. The number of carbonyl (C=O) groups is 1. The van der Waals surface area contributed by atoms with E-state index in [-0.39, 0.29) is 11.2 Å². The number of carbonyl (C=O) groups excluding carboxylic acids is 1. The van der Waals surface area contributed by atoms with Crippen LogP contribution >= 0.6 is 23.1 Å². The molecule has 0 radical (unpaired) electrons. The van der Waals surface area contributed by atoms with Gasteiger partial charge in [0.25, 0.3) is 0 Å². The highest BCUT2D eigenvalue weighted by Gasteiger charge is 2.26. The molecule has 2 unspecified atom stereocenters. The van der Waals surface area contributed by atoms with E-state index in [1.165, 1.54) is 11.3 Å². The Balaban J connectivity index is 1.75. The molecule has 0 spiro atoms. The molecule has 0 bridgehead atoms. The number of aryl methyl sites for hydroxylation is 1. The Labute approximate surface area is 145 Å². The molecule has 23 heavy (non-hydrogen) atoms. The number of piperidine rings is 1. The van der Waals surface area contributed by atoms with Gasteiger partial charge in [0.15, 0.2) is 0 Å². The van der Waals surface area contributed by atoms with Gasteiger partial charge < -0.3 is 4.90 Å². The Morgan fingerprint density at radius 1 is 1.52 bits per heavy atom. The zero-order chi connectivity index (χ0) is 16.4. The number of aromatic nitrogens is 2. The molecule has 2 aromatic rings. The number of thioether (sulfide) groups is 1. The van der Waals surface area contributed by atoms with Crippen molar-refractivity contribution in [1.29, 1.82) is 0 Å². The summed E-state index contributed by atoms with van der Waals surface area (Å²) in [6.45, 7) is 8.15. The van der Waals surface area contributed by atoms with Crippen LogP contribution in [0.3, 0.4) is 0 Å². The molecule has 4 nitrogen and oxygen atoms in total. The van der Waals surface area contributed by atoms with E-state index in [9.17, 15) is 4.79 Å². The highest BCUT2D eigenvalue weighted by atomic mass is 32.2. The molecule has 2 atom stereocenters. The van der Waals surface area contributed by atoms with Crippen LogP contribution in [0.1, 0.15) is 38.5 Å². The fourth-order valence-electron chi connectivity index (χ4n) is 3.02.